The molecule has 9 nitrogen and oxygen atoms in total. The van der Waals surface area contributed by atoms with Gasteiger partial charge in [0.25, 0.3) is 0 Å². The Morgan fingerprint density at radius 3 is 2.41 bits per heavy atom. The van der Waals surface area contributed by atoms with Crippen molar-refractivity contribution < 1.29 is 19.0 Å². The molecule has 3 saturated heterocycles. The summed E-state index contributed by atoms with van der Waals surface area (Å²) in [7, 11) is 0. The molecule has 3 aliphatic heterocycles. The fourth-order valence-electron chi connectivity index (χ4n) is 4.70. The van der Waals surface area contributed by atoms with Gasteiger partial charge in [0.2, 0.25) is 5.95 Å². The lowest BCUT2D eigenvalue weighted by atomic mass is 10.1. The van der Waals surface area contributed by atoms with Crippen molar-refractivity contribution in [2.75, 3.05) is 36.0 Å². The maximum Gasteiger partial charge on any atom is 0.410 e. The van der Waals surface area contributed by atoms with Crippen LogP contribution in [0, 0.1) is 5.82 Å². The SMILES string of the molecule is CC(C)(C)OC(=O)N1[C@@H]2CC[C@H]1CN(c1nc(N3CC(O)C3)nc3c(F)c(Cl)ncc13)C2. The molecule has 1 amide bonds. The molecular weight excluding hydrogens is 439 g/mol. The quantitative estimate of drug-likeness (QED) is 0.678. The number of amides is 1. The zero-order valence-corrected chi connectivity index (χ0v) is 19.0. The van der Waals surface area contributed by atoms with Crippen molar-refractivity contribution >= 4 is 40.4 Å². The molecule has 11 heteroatoms. The molecule has 2 aromatic rings. The Bertz CT molecular complexity index is 1060. The normalized spacial score (nSPS) is 23.6. The molecular formula is C21H26ClFN6O3. The summed E-state index contributed by atoms with van der Waals surface area (Å²) in [5, 5.41) is 9.92. The Hall–Kier alpha value is -2.46. The van der Waals surface area contributed by atoms with Crippen LogP contribution in [0.25, 0.3) is 10.9 Å². The third-order valence-corrected chi connectivity index (χ3v) is 6.40. The van der Waals surface area contributed by atoms with Crippen LogP contribution in [0.5, 0.6) is 0 Å². The van der Waals surface area contributed by atoms with Crippen LogP contribution in [0.3, 0.4) is 0 Å². The Morgan fingerprint density at radius 2 is 1.81 bits per heavy atom. The number of carbonyl (C=O) groups excluding carboxylic acids is 1. The molecule has 0 radical (unpaired) electrons. The number of anilines is 2. The minimum absolute atomic E-state index is 0.0204. The van der Waals surface area contributed by atoms with E-state index in [0.717, 1.165) is 12.8 Å². The van der Waals surface area contributed by atoms with Crippen molar-refractivity contribution in [1.82, 2.24) is 19.9 Å². The van der Waals surface area contributed by atoms with Gasteiger partial charge >= 0.3 is 6.09 Å². The van der Waals surface area contributed by atoms with Gasteiger partial charge in [-0.25, -0.2) is 19.2 Å². The van der Waals surface area contributed by atoms with Crippen LogP contribution in [-0.4, -0.2) is 81.0 Å². The summed E-state index contributed by atoms with van der Waals surface area (Å²) in [5.74, 6) is 0.224. The molecule has 0 saturated carbocycles. The van der Waals surface area contributed by atoms with Gasteiger partial charge in [-0.1, -0.05) is 11.6 Å². The van der Waals surface area contributed by atoms with Crippen molar-refractivity contribution in [2.24, 2.45) is 0 Å². The Labute approximate surface area is 190 Å². The number of aliphatic hydroxyl groups excluding tert-OH is 1. The zero-order valence-electron chi connectivity index (χ0n) is 18.3. The second kappa shape index (κ2) is 7.55. The molecule has 172 valence electrons. The lowest BCUT2D eigenvalue weighted by molar-refractivity contribution is 0.0123. The summed E-state index contributed by atoms with van der Waals surface area (Å²) in [6.07, 6.45) is 2.48. The third kappa shape index (κ3) is 3.69. The van der Waals surface area contributed by atoms with Crippen molar-refractivity contribution in [1.29, 1.82) is 0 Å². The fourth-order valence-corrected chi connectivity index (χ4v) is 4.84. The highest BCUT2D eigenvalue weighted by atomic mass is 35.5. The lowest BCUT2D eigenvalue weighted by Gasteiger charge is -2.42. The van der Waals surface area contributed by atoms with E-state index in [1.165, 1.54) is 6.20 Å². The van der Waals surface area contributed by atoms with Gasteiger partial charge < -0.3 is 19.6 Å². The molecule has 5 rings (SSSR count). The number of aliphatic hydroxyl groups is 1. The van der Waals surface area contributed by atoms with Gasteiger partial charge in [-0.15, -0.1) is 0 Å². The van der Waals surface area contributed by atoms with E-state index >= 15 is 0 Å². The molecule has 0 aliphatic carbocycles. The first-order valence-corrected chi connectivity index (χ1v) is 11.2. The second-order valence-corrected chi connectivity index (χ2v) is 10.1. The zero-order chi connectivity index (χ0) is 22.8. The third-order valence-electron chi connectivity index (χ3n) is 6.14. The first-order valence-electron chi connectivity index (χ1n) is 10.8. The Kier molecular flexibility index (Phi) is 5.05. The smallest absolute Gasteiger partial charge is 0.410 e. The molecule has 3 aliphatic rings. The van der Waals surface area contributed by atoms with Crippen molar-refractivity contribution in [2.45, 2.75) is 57.4 Å². The molecule has 32 heavy (non-hydrogen) atoms. The van der Waals surface area contributed by atoms with Crippen molar-refractivity contribution in [3.63, 3.8) is 0 Å². The van der Waals surface area contributed by atoms with Gasteiger partial charge in [0.05, 0.1) is 23.6 Å². The number of hydrogen-bond donors (Lipinski definition) is 1. The van der Waals surface area contributed by atoms with E-state index in [1.807, 2.05) is 25.7 Å². The van der Waals surface area contributed by atoms with Gasteiger partial charge in [0, 0.05) is 32.4 Å². The molecule has 2 aromatic heterocycles. The Balaban J connectivity index is 1.49. The number of β-amino-alcohol motifs (C(OH)–C–C–N with tert-alkyl or cyclic N) is 1. The van der Waals surface area contributed by atoms with E-state index < -0.39 is 17.5 Å². The van der Waals surface area contributed by atoms with Crippen LogP contribution in [0.4, 0.5) is 21.0 Å². The molecule has 5 heterocycles. The summed E-state index contributed by atoms with van der Waals surface area (Å²) in [5.41, 5.74) is -0.455. The number of fused-ring (bicyclic) bond motifs is 3. The predicted molar refractivity (Wildman–Crippen MR) is 118 cm³/mol. The van der Waals surface area contributed by atoms with Gasteiger partial charge in [0.15, 0.2) is 11.0 Å². The maximum absolute atomic E-state index is 14.8. The van der Waals surface area contributed by atoms with Gasteiger partial charge in [-0.05, 0) is 33.6 Å². The molecule has 2 atom stereocenters. The number of rotatable bonds is 2. The van der Waals surface area contributed by atoms with Gasteiger partial charge in [-0.3, -0.25) is 4.90 Å². The van der Waals surface area contributed by atoms with Crippen LogP contribution < -0.4 is 9.80 Å². The topological polar surface area (TPSA) is 94.9 Å². The van der Waals surface area contributed by atoms with E-state index in [4.69, 9.17) is 21.3 Å². The van der Waals surface area contributed by atoms with E-state index in [2.05, 4.69) is 14.9 Å². The van der Waals surface area contributed by atoms with Gasteiger partial charge in [0.1, 0.15) is 16.9 Å². The summed E-state index contributed by atoms with van der Waals surface area (Å²) < 4.78 is 20.5. The van der Waals surface area contributed by atoms with E-state index in [9.17, 15) is 14.3 Å². The Morgan fingerprint density at radius 1 is 1.16 bits per heavy atom. The molecule has 3 fully saturated rings. The van der Waals surface area contributed by atoms with E-state index in [-0.39, 0.29) is 28.8 Å². The standard InChI is InChI=1S/C21H26ClFN6O3/c1-21(2,3)32-20(31)29-11-4-5-12(29)8-27(7-11)18-14-6-24-17(22)15(23)16(14)25-19(26-18)28-9-13(30)10-28/h6,11-13,30H,4-5,7-10H2,1-3H3/t11-,12+. The van der Waals surface area contributed by atoms with Crippen LogP contribution >= 0.6 is 11.6 Å². The molecule has 2 bridgehead atoms. The number of nitrogens with zero attached hydrogens (tertiary/aromatic N) is 6. The molecule has 0 unspecified atom stereocenters. The van der Waals surface area contributed by atoms with E-state index in [1.54, 1.807) is 4.90 Å². The number of ether oxygens (including phenoxy) is 1. The average molecular weight is 465 g/mol. The van der Waals surface area contributed by atoms with E-state index in [0.29, 0.717) is 43.3 Å². The average Bonchev–Trinajstić information content (AvgIpc) is 2.96. The number of piperazine rings is 1. The van der Waals surface area contributed by atoms with Crippen LogP contribution in [-0.2, 0) is 4.74 Å². The highest BCUT2D eigenvalue weighted by Crippen LogP contribution is 2.37. The van der Waals surface area contributed by atoms with Crippen LogP contribution in [0.15, 0.2) is 6.20 Å². The fraction of sp³-hybridized carbons (Fsp3) is 0.619. The lowest BCUT2D eigenvalue weighted by Crippen LogP contribution is -2.57. The molecule has 0 aromatic carbocycles. The highest BCUT2D eigenvalue weighted by molar-refractivity contribution is 6.30. The van der Waals surface area contributed by atoms with Crippen LogP contribution in [0.2, 0.25) is 5.15 Å². The summed E-state index contributed by atoms with van der Waals surface area (Å²) in [6.45, 7) is 7.46. The summed E-state index contributed by atoms with van der Waals surface area (Å²) >= 11 is 5.92. The first kappa shape index (κ1) is 21.4. The second-order valence-electron chi connectivity index (χ2n) is 9.71. The number of halogens is 2. The summed E-state index contributed by atoms with van der Waals surface area (Å²) in [6, 6.07) is -0.0407. The minimum atomic E-state index is -0.689. The minimum Gasteiger partial charge on any atom is -0.444 e. The monoisotopic (exact) mass is 464 g/mol. The molecule has 1 N–H and O–H groups in total. The highest BCUT2D eigenvalue weighted by Gasteiger charge is 2.45. The maximum atomic E-state index is 14.8. The van der Waals surface area contributed by atoms with Crippen molar-refractivity contribution in [3.8, 4) is 0 Å². The largest absolute Gasteiger partial charge is 0.444 e. The predicted octanol–water partition coefficient (Wildman–Crippen LogP) is 2.59. The number of pyridine rings is 1. The first-order chi connectivity index (χ1) is 15.1. The summed E-state index contributed by atoms with van der Waals surface area (Å²) in [4.78, 5) is 31.6. The number of carbonyl (C=O) groups is 1. The van der Waals surface area contributed by atoms with Crippen molar-refractivity contribution in [3.05, 3.63) is 17.2 Å². The number of hydrogen-bond acceptors (Lipinski definition) is 8. The number of aromatic nitrogens is 3. The van der Waals surface area contributed by atoms with Crippen LogP contribution in [0.1, 0.15) is 33.6 Å². The van der Waals surface area contributed by atoms with Gasteiger partial charge in [-0.2, -0.15) is 4.98 Å². The molecule has 0 spiro atoms.